The average Bonchev–Trinajstić information content (AvgIpc) is 2.97. The Bertz CT molecular complexity index is 665. The summed E-state index contributed by atoms with van der Waals surface area (Å²) in [4.78, 5) is 11.5. The molecule has 1 aromatic carbocycles. The highest BCUT2D eigenvalue weighted by molar-refractivity contribution is 9.10. The van der Waals surface area contributed by atoms with Gasteiger partial charge < -0.3 is 5.11 Å². The molecule has 0 atom stereocenters. The smallest absolute Gasteiger partial charge is 0.337 e. The fraction of sp³-hybridized carbons (Fsp3) is 0.429. The number of carbonyl (C=O) groups is 1. The number of aromatic carboxylic acids is 1. The molecule has 0 saturated heterocycles. The minimum absolute atomic E-state index is 0.189. The monoisotopic (exact) mass is 350 g/mol. The molecule has 6 nitrogen and oxygen atoms in total. The van der Waals surface area contributed by atoms with Gasteiger partial charge in [-0.1, -0.05) is 35.2 Å². The van der Waals surface area contributed by atoms with Crippen LogP contribution in [0.25, 0.3) is 5.69 Å². The van der Waals surface area contributed by atoms with Crippen molar-refractivity contribution in [3.63, 3.8) is 0 Å². The van der Waals surface area contributed by atoms with Crippen molar-refractivity contribution >= 4 is 21.9 Å². The number of tetrazole rings is 1. The molecular weight excluding hydrogens is 336 g/mol. The van der Waals surface area contributed by atoms with Crippen molar-refractivity contribution in [3.05, 3.63) is 34.1 Å². The number of halogens is 1. The van der Waals surface area contributed by atoms with Crippen LogP contribution in [0.4, 0.5) is 0 Å². The number of nitrogens with zero attached hydrogens (tertiary/aromatic N) is 4. The second-order valence-electron chi connectivity index (χ2n) is 5.25. The number of carboxylic acids is 1. The van der Waals surface area contributed by atoms with Crippen molar-refractivity contribution in [2.75, 3.05) is 0 Å². The standard InChI is InChI=1S/C14H15BrN4O2/c15-10-6-7-12(11(8-10)14(20)21)19-13(16-17-18-19)9-4-2-1-3-5-9/h6-9H,1-5H2,(H,20,21). The van der Waals surface area contributed by atoms with E-state index in [4.69, 9.17) is 0 Å². The van der Waals surface area contributed by atoms with Gasteiger partial charge in [-0.15, -0.1) is 5.10 Å². The van der Waals surface area contributed by atoms with Crippen LogP contribution in [-0.2, 0) is 0 Å². The van der Waals surface area contributed by atoms with E-state index in [1.54, 1.807) is 22.9 Å². The topological polar surface area (TPSA) is 80.9 Å². The van der Waals surface area contributed by atoms with E-state index in [1.165, 1.54) is 19.3 Å². The molecule has 1 N–H and O–H groups in total. The molecule has 0 radical (unpaired) electrons. The van der Waals surface area contributed by atoms with Gasteiger partial charge in [0, 0.05) is 10.4 Å². The second-order valence-corrected chi connectivity index (χ2v) is 6.17. The van der Waals surface area contributed by atoms with E-state index in [0.717, 1.165) is 23.1 Å². The van der Waals surface area contributed by atoms with Gasteiger partial charge in [0.2, 0.25) is 0 Å². The summed E-state index contributed by atoms with van der Waals surface area (Å²) >= 11 is 3.30. The predicted octanol–water partition coefficient (Wildman–Crippen LogP) is 3.17. The molecule has 0 unspecified atom stereocenters. The van der Waals surface area contributed by atoms with Crippen LogP contribution < -0.4 is 0 Å². The summed E-state index contributed by atoms with van der Waals surface area (Å²) in [5, 5.41) is 21.3. The van der Waals surface area contributed by atoms with Gasteiger partial charge in [-0.25, -0.2) is 4.79 Å². The highest BCUT2D eigenvalue weighted by atomic mass is 79.9. The molecule has 21 heavy (non-hydrogen) atoms. The molecule has 2 aromatic rings. The molecule has 0 bridgehead atoms. The molecule has 1 aliphatic carbocycles. The molecule has 1 saturated carbocycles. The Balaban J connectivity index is 2.05. The third-order valence-corrected chi connectivity index (χ3v) is 4.37. The lowest BCUT2D eigenvalue weighted by Crippen LogP contribution is -2.14. The van der Waals surface area contributed by atoms with E-state index in [0.29, 0.717) is 11.6 Å². The van der Waals surface area contributed by atoms with Gasteiger partial charge in [0.25, 0.3) is 0 Å². The van der Waals surface area contributed by atoms with E-state index in [1.807, 2.05) is 0 Å². The summed E-state index contributed by atoms with van der Waals surface area (Å²) in [7, 11) is 0. The van der Waals surface area contributed by atoms with Gasteiger partial charge in [0.05, 0.1) is 11.3 Å². The largest absolute Gasteiger partial charge is 0.478 e. The first-order valence-electron chi connectivity index (χ1n) is 6.98. The molecule has 0 aliphatic heterocycles. The Morgan fingerprint density at radius 1 is 1.29 bits per heavy atom. The van der Waals surface area contributed by atoms with Gasteiger partial charge in [0.1, 0.15) is 0 Å². The summed E-state index contributed by atoms with van der Waals surface area (Å²) in [5.74, 6) is 0.0787. The van der Waals surface area contributed by atoms with Gasteiger partial charge in [-0.2, -0.15) is 4.68 Å². The van der Waals surface area contributed by atoms with Crippen LogP contribution in [0, 0.1) is 0 Å². The minimum Gasteiger partial charge on any atom is -0.478 e. The zero-order valence-corrected chi connectivity index (χ0v) is 13.0. The summed E-state index contributed by atoms with van der Waals surface area (Å²) in [6, 6.07) is 5.11. The van der Waals surface area contributed by atoms with Crippen LogP contribution in [0.3, 0.4) is 0 Å². The van der Waals surface area contributed by atoms with E-state index in [9.17, 15) is 9.90 Å². The number of aromatic nitrogens is 4. The van der Waals surface area contributed by atoms with Crippen molar-refractivity contribution in [1.82, 2.24) is 20.2 Å². The van der Waals surface area contributed by atoms with Gasteiger partial charge in [-0.3, -0.25) is 0 Å². The van der Waals surface area contributed by atoms with Gasteiger partial charge in [0.15, 0.2) is 5.82 Å². The molecule has 7 heteroatoms. The first-order valence-corrected chi connectivity index (χ1v) is 7.77. The van der Waals surface area contributed by atoms with Crippen LogP contribution in [0.2, 0.25) is 0 Å². The Labute approximate surface area is 130 Å². The molecule has 1 aliphatic rings. The minimum atomic E-state index is -0.989. The van der Waals surface area contributed by atoms with E-state index < -0.39 is 5.97 Å². The van der Waals surface area contributed by atoms with E-state index in [-0.39, 0.29) is 5.56 Å². The van der Waals surface area contributed by atoms with Gasteiger partial charge in [-0.05, 0) is 41.5 Å². The van der Waals surface area contributed by atoms with Crippen molar-refractivity contribution < 1.29 is 9.90 Å². The maximum Gasteiger partial charge on any atom is 0.337 e. The van der Waals surface area contributed by atoms with Crippen molar-refractivity contribution in [3.8, 4) is 5.69 Å². The third-order valence-electron chi connectivity index (χ3n) is 3.88. The normalized spacial score (nSPS) is 16.0. The number of hydrogen-bond acceptors (Lipinski definition) is 4. The lowest BCUT2D eigenvalue weighted by Gasteiger charge is -2.20. The quantitative estimate of drug-likeness (QED) is 0.919. The highest BCUT2D eigenvalue weighted by Gasteiger charge is 2.24. The van der Waals surface area contributed by atoms with Crippen LogP contribution in [0.5, 0.6) is 0 Å². The highest BCUT2D eigenvalue weighted by Crippen LogP contribution is 2.32. The fourth-order valence-electron chi connectivity index (χ4n) is 2.85. The Hall–Kier alpha value is -1.76. The second kappa shape index (κ2) is 5.93. The maximum absolute atomic E-state index is 11.5. The van der Waals surface area contributed by atoms with Crippen molar-refractivity contribution in [2.45, 2.75) is 38.0 Å². The van der Waals surface area contributed by atoms with E-state index >= 15 is 0 Å². The molecule has 1 fully saturated rings. The lowest BCUT2D eigenvalue weighted by molar-refractivity contribution is 0.0696. The Morgan fingerprint density at radius 2 is 2.05 bits per heavy atom. The Morgan fingerprint density at radius 3 is 2.76 bits per heavy atom. The number of carboxylic acid groups (broad SMARTS) is 1. The Kier molecular flexibility index (Phi) is 4.01. The number of rotatable bonds is 3. The van der Waals surface area contributed by atoms with Crippen LogP contribution in [0.1, 0.15) is 54.2 Å². The van der Waals surface area contributed by atoms with Crippen molar-refractivity contribution in [1.29, 1.82) is 0 Å². The fourth-order valence-corrected chi connectivity index (χ4v) is 3.21. The zero-order chi connectivity index (χ0) is 14.8. The molecule has 110 valence electrons. The van der Waals surface area contributed by atoms with Crippen LogP contribution in [-0.4, -0.2) is 31.3 Å². The zero-order valence-electron chi connectivity index (χ0n) is 11.4. The third kappa shape index (κ3) is 2.83. The molecule has 1 heterocycles. The number of hydrogen-bond donors (Lipinski definition) is 1. The SMILES string of the molecule is O=C(O)c1cc(Br)ccc1-n1nnnc1C1CCCCC1. The van der Waals surface area contributed by atoms with E-state index in [2.05, 4.69) is 31.5 Å². The molecule has 0 spiro atoms. The number of benzene rings is 1. The van der Waals surface area contributed by atoms with Crippen LogP contribution in [0.15, 0.2) is 22.7 Å². The van der Waals surface area contributed by atoms with Gasteiger partial charge >= 0.3 is 5.97 Å². The maximum atomic E-state index is 11.5. The van der Waals surface area contributed by atoms with Crippen molar-refractivity contribution in [2.24, 2.45) is 0 Å². The first-order chi connectivity index (χ1) is 10.2. The summed E-state index contributed by atoms with van der Waals surface area (Å²) in [6.07, 6.45) is 5.70. The predicted molar refractivity (Wildman–Crippen MR) is 79.6 cm³/mol. The lowest BCUT2D eigenvalue weighted by atomic mass is 9.88. The summed E-state index contributed by atoms with van der Waals surface area (Å²) < 4.78 is 2.29. The first kappa shape index (κ1) is 14.2. The molecule has 1 aromatic heterocycles. The summed E-state index contributed by atoms with van der Waals surface area (Å²) in [5.41, 5.74) is 0.699. The average molecular weight is 351 g/mol. The molecule has 3 rings (SSSR count). The molecule has 0 amide bonds. The van der Waals surface area contributed by atoms with Crippen LogP contribution >= 0.6 is 15.9 Å². The molecular formula is C14H15BrN4O2. The summed E-state index contributed by atoms with van der Waals surface area (Å²) in [6.45, 7) is 0.